The lowest BCUT2D eigenvalue weighted by Crippen LogP contribution is -2.25. The van der Waals surface area contributed by atoms with Crippen LogP contribution in [0.2, 0.25) is 0 Å². The maximum Gasteiger partial charge on any atom is 0.124 e. The van der Waals surface area contributed by atoms with Gasteiger partial charge in [-0.15, -0.1) is 11.6 Å². The predicted molar refractivity (Wildman–Crippen MR) is 89.4 cm³/mol. The lowest BCUT2D eigenvalue weighted by atomic mass is 10.3. The van der Waals surface area contributed by atoms with Crippen LogP contribution < -0.4 is 0 Å². The average Bonchev–Trinajstić information content (AvgIpc) is 2.80. The molecule has 0 saturated heterocycles. The van der Waals surface area contributed by atoms with Crippen LogP contribution in [-0.4, -0.2) is 34.1 Å². The third-order valence-electron chi connectivity index (χ3n) is 3.66. The molecule has 0 radical (unpaired) electrons. The number of alkyl halides is 1. The second kappa shape index (κ2) is 7.43. The summed E-state index contributed by atoms with van der Waals surface area (Å²) in [6.45, 7) is 8.71. The second-order valence-corrected chi connectivity index (χ2v) is 6.01. The summed E-state index contributed by atoms with van der Waals surface area (Å²) in [6.07, 6.45) is 1.12. The molecule has 0 N–H and O–H groups in total. The lowest BCUT2D eigenvalue weighted by molar-refractivity contribution is 0.293. The van der Waals surface area contributed by atoms with Gasteiger partial charge in [0.2, 0.25) is 0 Å². The number of fused-ring (bicyclic) bond motifs is 1. The SMILES string of the molecule is CCN(CC)CCCn1c(CCl)nc2cc(Br)ccc21. The molecular weight excluding hydrogens is 338 g/mol. The van der Waals surface area contributed by atoms with Crippen LogP contribution in [0.1, 0.15) is 26.1 Å². The Morgan fingerprint density at radius 1 is 1.30 bits per heavy atom. The Balaban J connectivity index is 2.15. The van der Waals surface area contributed by atoms with Crippen molar-refractivity contribution in [3.05, 3.63) is 28.5 Å². The first kappa shape index (κ1) is 15.8. The number of rotatable bonds is 7. The van der Waals surface area contributed by atoms with Gasteiger partial charge in [0.1, 0.15) is 5.82 Å². The smallest absolute Gasteiger partial charge is 0.124 e. The van der Waals surface area contributed by atoms with E-state index in [1.165, 1.54) is 5.52 Å². The number of benzene rings is 1. The third kappa shape index (κ3) is 3.54. The molecule has 0 fully saturated rings. The monoisotopic (exact) mass is 357 g/mol. The first-order valence-corrected chi connectivity index (χ1v) is 8.45. The minimum Gasteiger partial charge on any atom is -0.327 e. The number of aromatic nitrogens is 2. The van der Waals surface area contributed by atoms with E-state index < -0.39 is 0 Å². The summed E-state index contributed by atoms with van der Waals surface area (Å²) in [7, 11) is 0. The summed E-state index contributed by atoms with van der Waals surface area (Å²) in [5.41, 5.74) is 2.18. The summed E-state index contributed by atoms with van der Waals surface area (Å²) in [5.74, 6) is 1.41. The van der Waals surface area contributed by atoms with Gasteiger partial charge in [0.15, 0.2) is 0 Å². The van der Waals surface area contributed by atoms with E-state index in [4.69, 9.17) is 11.6 Å². The van der Waals surface area contributed by atoms with Gasteiger partial charge in [-0.3, -0.25) is 0 Å². The zero-order valence-corrected chi connectivity index (χ0v) is 14.4. The fourth-order valence-electron chi connectivity index (χ4n) is 2.50. The van der Waals surface area contributed by atoms with Crippen LogP contribution in [0.5, 0.6) is 0 Å². The van der Waals surface area contributed by atoms with Crippen molar-refractivity contribution in [2.45, 2.75) is 32.7 Å². The van der Waals surface area contributed by atoms with Gasteiger partial charge in [-0.2, -0.15) is 0 Å². The Hall–Kier alpha value is -0.580. The van der Waals surface area contributed by atoms with Gasteiger partial charge >= 0.3 is 0 Å². The summed E-state index contributed by atoms with van der Waals surface area (Å²) < 4.78 is 3.30. The first-order valence-electron chi connectivity index (χ1n) is 7.12. The van der Waals surface area contributed by atoms with E-state index >= 15 is 0 Å². The van der Waals surface area contributed by atoms with E-state index in [9.17, 15) is 0 Å². The molecule has 20 heavy (non-hydrogen) atoms. The number of hydrogen-bond acceptors (Lipinski definition) is 2. The molecule has 3 nitrogen and oxygen atoms in total. The number of nitrogens with zero attached hydrogens (tertiary/aromatic N) is 3. The minimum atomic E-state index is 0.456. The van der Waals surface area contributed by atoms with E-state index in [0.29, 0.717) is 5.88 Å². The van der Waals surface area contributed by atoms with Gasteiger partial charge in [0.05, 0.1) is 16.9 Å². The normalized spacial score (nSPS) is 11.7. The molecule has 0 bridgehead atoms. The average molecular weight is 359 g/mol. The lowest BCUT2D eigenvalue weighted by Gasteiger charge is -2.18. The fraction of sp³-hybridized carbons (Fsp3) is 0.533. The van der Waals surface area contributed by atoms with Gasteiger partial charge in [-0.1, -0.05) is 29.8 Å². The van der Waals surface area contributed by atoms with Crippen molar-refractivity contribution < 1.29 is 0 Å². The van der Waals surface area contributed by atoms with Crippen LogP contribution in [0.15, 0.2) is 22.7 Å². The molecule has 0 spiro atoms. The Labute approximate surface area is 134 Å². The molecule has 2 aromatic rings. The van der Waals surface area contributed by atoms with Crippen LogP contribution >= 0.6 is 27.5 Å². The van der Waals surface area contributed by atoms with E-state index in [-0.39, 0.29) is 0 Å². The van der Waals surface area contributed by atoms with Crippen molar-refractivity contribution in [3.8, 4) is 0 Å². The highest BCUT2D eigenvalue weighted by atomic mass is 79.9. The number of aryl methyl sites for hydroxylation is 1. The highest BCUT2D eigenvalue weighted by Gasteiger charge is 2.10. The van der Waals surface area contributed by atoms with Gasteiger partial charge in [0, 0.05) is 11.0 Å². The molecule has 0 amide bonds. The molecule has 2 rings (SSSR count). The summed E-state index contributed by atoms with van der Waals surface area (Å²) in [5, 5.41) is 0. The molecule has 0 unspecified atom stereocenters. The van der Waals surface area contributed by atoms with Crippen LogP contribution in [0.25, 0.3) is 11.0 Å². The van der Waals surface area contributed by atoms with Crippen LogP contribution in [0, 0.1) is 0 Å². The topological polar surface area (TPSA) is 21.1 Å². The molecule has 1 aromatic carbocycles. The van der Waals surface area contributed by atoms with Crippen LogP contribution in [0.3, 0.4) is 0 Å². The summed E-state index contributed by atoms with van der Waals surface area (Å²) in [4.78, 5) is 7.06. The van der Waals surface area contributed by atoms with Crippen molar-refractivity contribution in [1.82, 2.24) is 14.5 Å². The Bertz CT molecular complexity index is 563. The molecule has 0 aliphatic heterocycles. The zero-order valence-electron chi connectivity index (χ0n) is 12.1. The molecule has 1 heterocycles. The molecular formula is C15H21BrClN3. The van der Waals surface area contributed by atoms with E-state index in [1.54, 1.807) is 0 Å². The molecule has 0 aliphatic rings. The van der Waals surface area contributed by atoms with Gasteiger partial charge in [0.25, 0.3) is 0 Å². The van der Waals surface area contributed by atoms with Crippen molar-refractivity contribution in [3.63, 3.8) is 0 Å². The van der Waals surface area contributed by atoms with E-state index in [1.807, 2.05) is 6.07 Å². The Morgan fingerprint density at radius 2 is 2.05 bits per heavy atom. The largest absolute Gasteiger partial charge is 0.327 e. The highest BCUT2D eigenvalue weighted by molar-refractivity contribution is 9.10. The predicted octanol–water partition coefficient (Wildman–Crippen LogP) is 4.27. The standard InChI is InChI=1S/C15H21BrClN3/c1-3-19(4-2)8-5-9-20-14-7-6-12(16)10-13(14)18-15(20)11-17/h6-7,10H,3-5,8-9,11H2,1-2H3. The van der Waals surface area contributed by atoms with Crippen molar-refractivity contribution >= 4 is 38.6 Å². The third-order valence-corrected chi connectivity index (χ3v) is 4.39. The highest BCUT2D eigenvalue weighted by Crippen LogP contribution is 2.22. The molecule has 5 heteroatoms. The molecule has 0 saturated carbocycles. The Kier molecular flexibility index (Phi) is 5.87. The molecule has 0 atom stereocenters. The Morgan fingerprint density at radius 3 is 2.70 bits per heavy atom. The van der Waals surface area contributed by atoms with Crippen LogP contribution in [0.4, 0.5) is 0 Å². The van der Waals surface area contributed by atoms with Gasteiger partial charge in [-0.05, 0) is 44.3 Å². The van der Waals surface area contributed by atoms with E-state index in [0.717, 1.165) is 48.4 Å². The quantitative estimate of drug-likeness (QED) is 0.689. The number of halogens is 2. The fourth-order valence-corrected chi connectivity index (χ4v) is 3.05. The molecule has 110 valence electrons. The van der Waals surface area contributed by atoms with Crippen molar-refractivity contribution in [2.75, 3.05) is 19.6 Å². The number of hydrogen-bond donors (Lipinski definition) is 0. The molecule has 1 aromatic heterocycles. The zero-order chi connectivity index (χ0) is 14.5. The summed E-state index contributed by atoms with van der Waals surface area (Å²) >= 11 is 9.52. The van der Waals surface area contributed by atoms with Crippen molar-refractivity contribution in [1.29, 1.82) is 0 Å². The maximum atomic E-state index is 6.03. The van der Waals surface area contributed by atoms with Gasteiger partial charge < -0.3 is 9.47 Å². The minimum absolute atomic E-state index is 0.456. The summed E-state index contributed by atoms with van der Waals surface area (Å²) in [6, 6.07) is 6.22. The van der Waals surface area contributed by atoms with Gasteiger partial charge in [-0.25, -0.2) is 4.98 Å². The van der Waals surface area contributed by atoms with E-state index in [2.05, 4.69) is 56.4 Å². The maximum absolute atomic E-state index is 6.03. The number of imidazole rings is 1. The first-order chi connectivity index (χ1) is 9.69. The second-order valence-electron chi connectivity index (χ2n) is 4.83. The molecule has 0 aliphatic carbocycles. The van der Waals surface area contributed by atoms with Crippen LogP contribution in [-0.2, 0) is 12.4 Å². The van der Waals surface area contributed by atoms with Crippen molar-refractivity contribution in [2.24, 2.45) is 0 Å².